The van der Waals surface area contributed by atoms with Crippen LogP contribution in [0.4, 0.5) is 0 Å². The second-order valence-electron chi connectivity index (χ2n) is 4.36. The predicted molar refractivity (Wildman–Crippen MR) is 76.9 cm³/mol. The summed E-state index contributed by atoms with van der Waals surface area (Å²) in [7, 11) is 1.69. The molecule has 0 radical (unpaired) electrons. The Bertz CT molecular complexity index is 548. The second-order valence-corrected chi connectivity index (χ2v) is 4.36. The van der Waals surface area contributed by atoms with Crippen molar-refractivity contribution in [2.24, 2.45) is 0 Å². The highest BCUT2D eigenvalue weighted by Crippen LogP contribution is 2.24. The second kappa shape index (κ2) is 6.20. The van der Waals surface area contributed by atoms with Crippen molar-refractivity contribution in [2.75, 3.05) is 7.11 Å². The number of hydrogen-bond donors (Lipinski definition) is 1. The van der Waals surface area contributed by atoms with Crippen molar-refractivity contribution in [2.45, 2.75) is 19.5 Å². The van der Waals surface area contributed by atoms with Crippen LogP contribution in [0.25, 0.3) is 6.20 Å². The molecule has 0 aliphatic carbocycles. The Kier molecular flexibility index (Phi) is 4.36. The van der Waals surface area contributed by atoms with Gasteiger partial charge in [0.1, 0.15) is 5.75 Å². The van der Waals surface area contributed by atoms with E-state index in [0.717, 1.165) is 23.4 Å². The Labute approximate surface area is 113 Å². The van der Waals surface area contributed by atoms with Gasteiger partial charge in [-0.05, 0) is 13.0 Å². The van der Waals surface area contributed by atoms with Gasteiger partial charge in [-0.1, -0.05) is 24.8 Å². The smallest absolute Gasteiger partial charge is 0.123 e. The van der Waals surface area contributed by atoms with Gasteiger partial charge in [-0.15, -0.1) is 0 Å². The summed E-state index contributed by atoms with van der Waals surface area (Å²) in [6.07, 6.45) is 5.46. The first-order valence-electron chi connectivity index (χ1n) is 6.26. The summed E-state index contributed by atoms with van der Waals surface area (Å²) in [4.78, 5) is 0. The molecule has 0 saturated carbocycles. The maximum Gasteiger partial charge on any atom is 0.123 e. The van der Waals surface area contributed by atoms with E-state index in [-0.39, 0.29) is 6.04 Å². The Morgan fingerprint density at radius 3 is 2.95 bits per heavy atom. The maximum atomic E-state index is 5.37. The lowest BCUT2D eigenvalue weighted by Gasteiger charge is -2.16. The van der Waals surface area contributed by atoms with E-state index in [9.17, 15) is 0 Å². The highest BCUT2D eigenvalue weighted by Gasteiger charge is 2.10. The van der Waals surface area contributed by atoms with E-state index in [2.05, 4.69) is 30.0 Å². The first kappa shape index (κ1) is 13.4. The normalized spacial score (nSPS) is 12.1. The molecule has 1 unspecified atom stereocenters. The molecule has 0 bridgehead atoms. The third-order valence-corrected chi connectivity index (χ3v) is 3.06. The molecule has 2 rings (SSSR count). The molecular formula is C15H19N3O. The van der Waals surface area contributed by atoms with Crippen molar-refractivity contribution >= 4 is 6.20 Å². The molecule has 1 atom stereocenters. The standard InChI is InChI=1S/C15H19N3O/c1-4-18-11-13(10-17-18)9-16-12(2)14-7-5-6-8-15(14)19-3/h4-8,10-12,16H,1,9H2,2-3H3. The Balaban J connectivity index is 2.00. The number of nitrogens with one attached hydrogen (secondary N) is 1. The van der Waals surface area contributed by atoms with E-state index in [1.807, 2.05) is 30.6 Å². The quantitative estimate of drug-likeness (QED) is 0.865. The van der Waals surface area contributed by atoms with Gasteiger partial charge in [-0.2, -0.15) is 5.10 Å². The summed E-state index contributed by atoms with van der Waals surface area (Å²) < 4.78 is 7.07. The van der Waals surface area contributed by atoms with Crippen LogP contribution in [-0.2, 0) is 6.54 Å². The molecule has 1 N–H and O–H groups in total. The SMILES string of the molecule is C=Cn1cc(CNC(C)c2ccccc2OC)cn1. The van der Waals surface area contributed by atoms with Gasteiger partial charge in [0, 0.05) is 36.1 Å². The number of hydrogen-bond acceptors (Lipinski definition) is 3. The maximum absolute atomic E-state index is 5.37. The number of nitrogens with zero attached hydrogens (tertiary/aromatic N) is 2. The van der Waals surface area contributed by atoms with E-state index < -0.39 is 0 Å². The van der Waals surface area contributed by atoms with Crippen molar-refractivity contribution in [3.8, 4) is 5.75 Å². The fraction of sp³-hybridized carbons (Fsp3) is 0.267. The van der Waals surface area contributed by atoms with E-state index in [0.29, 0.717) is 0 Å². The van der Waals surface area contributed by atoms with Gasteiger partial charge < -0.3 is 10.1 Å². The van der Waals surface area contributed by atoms with Gasteiger partial charge in [-0.3, -0.25) is 0 Å². The predicted octanol–water partition coefficient (Wildman–Crippen LogP) is 2.84. The number of ether oxygens (including phenoxy) is 1. The molecule has 19 heavy (non-hydrogen) atoms. The third kappa shape index (κ3) is 3.23. The van der Waals surface area contributed by atoms with E-state index >= 15 is 0 Å². The summed E-state index contributed by atoms with van der Waals surface area (Å²) >= 11 is 0. The van der Waals surface area contributed by atoms with Gasteiger partial charge in [0.25, 0.3) is 0 Å². The van der Waals surface area contributed by atoms with Gasteiger partial charge in [0.05, 0.1) is 13.3 Å². The lowest BCUT2D eigenvalue weighted by Crippen LogP contribution is -2.18. The zero-order chi connectivity index (χ0) is 13.7. The molecule has 0 fully saturated rings. The molecule has 2 aromatic rings. The van der Waals surface area contributed by atoms with E-state index in [1.54, 1.807) is 18.0 Å². The van der Waals surface area contributed by atoms with Crippen LogP contribution in [0.15, 0.2) is 43.2 Å². The minimum Gasteiger partial charge on any atom is -0.496 e. The summed E-state index contributed by atoms with van der Waals surface area (Å²) in [6, 6.07) is 8.25. The Morgan fingerprint density at radius 2 is 2.26 bits per heavy atom. The van der Waals surface area contributed by atoms with Gasteiger partial charge >= 0.3 is 0 Å². The van der Waals surface area contributed by atoms with Crippen LogP contribution in [0.3, 0.4) is 0 Å². The van der Waals surface area contributed by atoms with Crippen LogP contribution in [0.5, 0.6) is 5.75 Å². The fourth-order valence-corrected chi connectivity index (χ4v) is 1.97. The third-order valence-electron chi connectivity index (χ3n) is 3.06. The first-order chi connectivity index (χ1) is 9.24. The molecule has 1 aromatic carbocycles. The van der Waals surface area contributed by atoms with E-state index in [4.69, 9.17) is 4.74 Å². The Morgan fingerprint density at radius 1 is 1.47 bits per heavy atom. The summed E-state index contributed by atoms with van der Waals surface area (Å²) in [5.74, 6) is 0.907. The van der Waals surface area contributed by atoms with Crippen LogP contribution < -0.4 is 10.1 Å². The van der Waals surface area contributed by atoms with Gasteiger partial charge in [0.2, 0.25) is 0 Å². The minimum atomic E-state index is 0.211. The van der Waals surface area contributed by atoms with Crippen molar-refractivity contribution in [3.05, 3.63) is 54.4 Å². The highest BCUT2D eigenvalue weighted by molar-refractivity contribution is 5.35. The van der Waals surface area contributed by atoms with Crippen molar-refractivity contribution < 1.29 is 4.74 Å². The van der Waals surface area contributed by atoms with Gasteiger partial charge in [0.15, 0.2) is 0 Å². The van der Waals surface area contributed by atoms with Crippen LogP contribution in [0.1, 0.15) is 24.1 Å². The molecule has 4 nitrogen and oxygen atoms in total. The molecule has 0 saturated heterocycles. The number of aromatic nitrogens is 2. The number of benzene rings is 1. The Hall–Kier alpha value is -2.07. The van der Waals surface area contributed by atoms with Crippen LogP contribution in [0, 0.1) is 0 Å². The minimum absolute atomic E-state index is 0.211. The molecule has 0 amide bonds. The molecular weight excluding hydrogens is 238 g/mol. The fourth-order valence-electron chi connectivity index (χ4n) is 1.97. The molecule has 100 valence electrons. The zero-order valence-corrected chi connectivity index (χ0v) is 11.3. The average molecular weight is 257 g/mol. The van der Waals surface area contributed by atoms with E-state index in [1.165, 1.54) is 0 Å². The largest absolute Gasteiger partial charge is 0.496 e. The van der Waals surface area contributed by atoms with Gasteiger partial charge in [-0.25, -0.2) is 4.68 Å². The summed E-state index contributed by atoms with van der Waals surface area (Å²) in [5.41, 5.74) is 2.28. The summed E-state index contributed by atoms with van der Waals surface area (Å²) in [6.45, 7) is 6.55. The molecule has 0 aliphatic heterocycles. The summed E-state index contributed by atoms with van der Waals surface area (Å²) in [5, 5.41) is 7.61. The zero-order valence-electron chi connectivity index (χ0n) is 11.3. The number of para-hydroxylation sites is 1. The lowest BCUT2D eigenvalue weighted by atomic mass is 10.1. The van der Waals surface area contributed by atoms with Crippen LogP contribution in [-0.4, -0.2) is 16.9 Å². The van der Waals surface area contributed by atoms with Crippen LogP contribution >= 0.6 is 0 Å². The highest BCUT2D eigenvalue weighted by atomic mass is 16.5. The van der Waals surface area contributed by atoms with Crippen molar-refractivity contribution in [3.63, 3.8) is 0 Å². The molecule has 1 heterocycles. The van der Waals surface area contributed by atoms with Crippen molar-refractivity contribution in [1.29, 1.82) is 0 Å². The van der Waals surface area contributed by atoms with Crippen molar-refractivity contribution in [1.82, 2.24) is 15.1 Å². The molecule has 0 spiro atoms. The molecule has 1 aromatic heterocycles. The van der Waals surface area contributed by atoms with Crippen LogP contribution in [0.2, 0.25) is 0 Å². The first-order valence-corrected chi connectivity index (χ1v) is 6.26. The molecule has 4 heteroatoms. The molecule has 0 aliphatic rings. The topological polar surface area (TPSA) is 39.1 Å². The number of methoxy groups -OCH3 is 1. The lowest BCUT2D eigenvalue weighted by molar-refractivity contribution is 0.401. The average Bonchev–Trinajstić information content (AvgIpc) is 2.92. The monoisotopic (exact) mass is 257 g/mol. The number of rotatable bonds is 6.